The topological polar surface area (TPSA) is 46.4 Å². The Morgan fingerprint density at radius 1 is 1.27 bits per heavy atom. The van der Waals surface area contributed by atoms with Crippen LogP contribution >= 0.6 is 22.9 Å². The Labute approximate surface area is 160 Å². The van der Waals surface area contributed by atoms with Crippen molar-refractivity contribution in [2.45, 2.75) is 6.54 Å². The third kappa shape index (κ3) is 4.88. The molecule has 2 aromatic carbocycles. The lowest BCUT2D eigenvalue weighted by Crippen LogP contribution is -3.08. The molecule has 1 aromatic heterocycles. The summed E-state index contributed by atoms with van der Waals surface area (Å²) in [5.41, 5.74) is 2.27. The molecule has 0 bridgehead atoms. The highest BCUT2D eigenvalue weighted by Gasteiger charge is 2.14. The Hall–Kier alpha value is -2.28. The number of rotatable bonds is 6. The fourth-order valence-electron chi connectivity index (χ4n) is 2.56. The van der Waals surface area contributed by atoms with Gasteiger partial charge >= 0.3 is 0 Å². The minimum absolute atomic E-state index is 0.172. The molecule has 0 spiro atoms. The fourth-order valence-corrected chi connectivity index (χ4v) is 3.70. The van der Waals surface area contributed by atoms with Crippen LogP contribution in [0.3, 0.4) is 0 Å². The SMILES string of the molecule is C[NH+](CC(=O)Nc1cccc(F)c1)Cc1csc(-c2ccccc2Cl)n1. The van der Waals surface area contributed by atoms with E-state index in [2.05, 4.69) is 10.3 Å². The van der Waals surface area contributed by atoms with Crippen LogP contribution in [0.25, 0.3) is 10.6 Å². The Balaban J connectivity index is 1.57. The van der Waals surface area contributed by atoms with Gasteiger partial charge in [-0.2, -0.15) is 0 Å². The normalized spacial score (nSPS) is 12.0. The maximum atomic E-state index is 13.2. The van der Waals surface area contributed by atoms with E-state index in [1.165, 1.54) is 23.5 Å². The summed E-state index contributed by atoms with van der Waals surface area (Å²) in [6.07, 6.45) is 0. The third-order valence-corrected chi connectivity index (χ3v) is 4.96. The van der Waals surface area contributed by atoms with Gasteiger partial charge in [-0.05, 0) is 24.3 Å². The number of halogens is 2. The van der Waals surface area contributed by atoms with E-state index < -0.39 is 0 Å². The summed E-state index contributed by atoms with van der Waals surface area (Å²) < 4.78 is 13.2. The van der Waals surface area contributed by atoms with Gasteiger partial charge in [-0.3, -0.25) is 4.79 Å². The molecule has 4 nitrogen and oxygen atoms in total. The Morgan fingerprint density at radius 2 is 2.08 bits per heavy atom. The number of aromatic nitrogens is 1. The Bertz CT molecular complexity index is 915. The van der Waals surface area contributed by atoms with Crippen LogP contribution in [-0.4, -0.2) is 24.5 Å². The molecular formula is C19H18ClFN3OS+. The Kier molecular flexibility index (Phi) is 5.98. The molecule has 1 unspecified atom stereocenters. The van der Waals surface area contributed by atoms with Gasteiger partial charge < -0.3 is 10.2 Å². The molecule has 0 saturated heterocycles. The summed E-state index contributed by atoms with van der Waals surface area (Å²) >= 11 is 7.74. The summed E-state index contributed by atoms with van der Waals surface area (Å²) in [6, 6.07) is 13.4. The van der Waals surface area contributed by atoms with Crippen LogP contribution in [0, 0.1) is 5.82 Å². The smallest absolute Gasteiger partial charge is 0.279 e. The molecule has 0 aliphatic heterocycles. The average Bonchev–Trinajstić information content (AvgIpc) is 3.03. The number of carbonyl (C=O) groups excluding carboxylic acids is 1. The van der Waals surface area contributed by atoms with E-state index in [1.807, 2.05) is 36.7 Å². The minimum atomic E-state index is -0.377. The zero-order valence-electron chi connectivity index (χ0n) is 14.1. The second-order valence-corrected chi connectivity index (χ2v) is 7.26. The van der Waals surface area contributed by atoms with Crippen molar-refractivity contribution in [1.82, 2.24) is 4.98 Å². The fraction of sp³-hybridized carbons (Fsp3) is 0.158. The molecule has 0 aliphatic rings. The molecule has 0 fully saturated rings. The molecule has 3 rings (SSSR count). The molecule has 1 heterocycles. The molecular weight excluding hydrogens is 373 g/mol. The first-order valence-electron chi connectivity index (χ1n) is 8.07. The van der Waals surface area contributed by atoms with Crippen molar-refractivity contribution in [3.8, 4) is 10.6 Å². The van der Waals surface area contributed by atoms with Gasteiger partial charge in [0.05, 0.1) is 12.1 Å². The van der Waals surface area contributed by atoms with Gasteiger partial charge in [-0.15, -0.1) is 11.3 Å². The summed E-state index contributed by atoms with van der Waals surface area (Å²) in [5.74, 6) is -0.548. The number of amides is 1. The van der Waals surface area contributed by atoms with Gasteiger partial charge in [0.15, 0.2) is 6.54 Å². The van der Waals surface area contributed by atoms with E-state index in [0.29, 0.717) is 17.3 Å². The number of carbonyl (C=O) groups is 1. The van der Waals surface area contributed by atoms with E-state index in [9.17, 15) is 9.18 Å². The molecule has 3 aromatic rings. The minimum Gasteiger partial charge on any atom is -0.325 e. The number of thiazole rings is 1. The van der Waals surface area contributed by atoms with Crippen molar-refractivity contribution in [2.24, 2.45) is 0 Å². The molecule has 134 valence electrons. The van der Waals surface area contributed by atoms with Crippen LogP contribution in [0.5, 0.6) is 0 Å². The molecule has 2 N–H and O–H groups in total. The number of likely N-dealkylation sites (N-methyl/N-ethyl adjacent to an activating group) is 1. The van der Waals surface area contributed by atoms with Crippen molar-refractivity contribution in [3.63, 3.8) is 0 Å². The van der Waals surface area contributed by atoms with E-state index in [0.717, 1.165) is 21.2 Å². The van der Waals surface area contributed by atoms with Gasteiger partial charge in [0, 0.05) is 16.6 Å². The molecule has 0 aliphatic carbocycles. The summed E-state index contributed by atoms with van der Waals surface area (Å²) in [6.45, 7) is 0.868. The van der Waals surface area contributed by atoms with Gasteiger partial charge in [-0.1, -0.05) is 35.9 Å². The lowest BCUT2D eigenvalue weighted by molar-refractivity contribution is -0.885. The average molecular weight is 391 g/mol. The van der Waals surface area contributed by atoms with Crippen LogP contribution in [-0.2, 0) is 11.3 Å². The van der Waals surface area contributed by atoms with E-state index in [4.69, 9.17) is 11.6 Å². The monoisotopic (exact) mass is 390 g/mol. The number of benzene rings is 2. The maximum absolute atomic E-state index is 13.2. The van der Waals surface area contributed by atoms with Crippen molar-refractivity contribution in [3.05, 3.63) is 70.4 Å². The number of hydrogen-bond donors (Lipinski definition) is 2. The molecule has 0 radical (unpaired) electrons. The zero-order valence-corrected chi connectivity index (χ0v) is 15.7. The van der Waals surface area contributed by atoms with Crippen molar-refractivity contribution in [1.29, 1.82) is 0 Å². The predicted molar refractivity (Wildman–Crippen MR) is 103 cm³/mol. The largest absolute Gasteiger partial charge is 0.325 e. The number of nitrogens with one attached hydrogen (secondary N) is 2. The first kappa shape index (κ1) is 18.5. The second-order valence-electron chi connectivity index (χ2n) is 5.99. The van der Waals surface area contributed by atoms with E-state index >= 15 is 0 Å². The third-order valence-electron chi connectivity index (χ3n) is 3.71. The van der Waals surface area contributed by atoms with E-state index in [1.54, 1.807) is 12.1 Å². The second kappa shape index (κ2) is 8.40. The van der Waals surface area contributed by atoms with E-state index in [-0.39, 0.29) is 18.3 Å². The quantitative estimate of drug-likeness (QED) is 0.678. The van der Waals surface area contributed by atoms with Gasteiger partial charge in [0.25, 0.3) is 5.91 Å². The molecule has 1 amide bonds. The molecule has 7 heteroatoms. The Morgan fingerprint density at radius 3 is 2.85 bits per heavy atom. The summed E-state index contributed by atoms with van der Waals surface area (Å²) in [7, 11) is 1.92. The van der Waals surface area contributed by atoms with Crippen LogP contribution in [0.4, 0.5) is 10.1 Å². The van der Waals surface area contributed by atoms with Crippen LogP contribution in [0.1, 0.15) is 5.69 Å². The zero-order chi connectivity index (χ0) is 18.5. The lowest BCUT2D eigenvalue weighted by atomic mass is 10.2. The van der Waals surface area contributed by atoms with Crippen LogP contribution in [0.15, 0.2) is 53.9 Å². The summed E-state index contributed by atoms with van der Waals surface area (Å²) in [5, 5.41) is 6.22. The first-order chi connectivity index (χ1) is 12.5. The highest BCUT2D eigenvalue weighted by molar-refractivity contribution is 7.13. The predicted octanol–water partition coefficient (Wildman–Crippen LogP) is 3.26. The van der Waals surface area contributed by atoms with Crippen molar-refractivity contribution >= 4 is 34.5 Å². The van der Waals surface area contributed by atoms with Crippen molar-refractivity contribution in [2.75, 3.05) is 18.9 Å². The van der Waals surface area contributed by atoms with Gasteiger partial charge in [-0.25, -0.2) is 9.37 Å². The number of hydrogen-bond acceptors (Lipinski definition) is 3. The van der Waals surface area contributed by atoms with Gasteiger partial charge in [0.2, 0.25) is 0 Å². The van der Waals surface area contributed by atoms with Gasteiger partial charge in [0.1, 0.15) is 23.1 Å². The number of quaternary nitrogens is 1. The van der Waals surface area contributed by atoms with Crippen LogP contribution in [0.2, 0.25) is 5.02 Å². The molecule has 0 saturated carbocycles. The first-order valence-corrected chi connectivity index (χ1v) is 9.33. The molecule has 1 atom stereocenters. The highest BCUT2D eigenvalue weighted by atomic mass is 35.5. The molecule has 26 heavy (non-hydrogen) atoms. The standard InChI is InChI=1S/C19H17ClFN3OS/c1-24(11-18(25)22-14-6-4-5-13(21)9-14)10-15-12-26-19(23-15)16-7-2-3-8-17(16)20/h2-9,12H,10-11H2,1H3,(H,22,25)/p+1. The maximum Gasteiger partial charge on any atom is 0.279 e. The van der Waals surface area contributed by atoms with Crippen molar-refractivity contribution < 1.29 is 14.1 Å². The highest BCUT2D eigenvalue weighted by Crippen LogP contribution is 2.29. The summed E-state index contributed by atoms with van der Waals surface area (Å²) in [4.78, 5) is 17.7. The number of anilines is 1. The van der Waals surface area contributed by atoms with Crippen LogP contribution < -0.4 is 10.2 Å². The lowest BCUT2D eigenvalue weighted by Gasteiger charge is -2.12. The number of nitrogens with zero attached hydrogens (tertiary/aromatic N) is 1.